The lowest BCUT2D eigenvalue weighted by Gasteiger charge is -2.32. The van der Waals surface area contributed by atoms with Gasteiger partial charge in [-0.3, -0.25) is 9.80 Å². The van der Waals surface area contributed by atoms with Gasteiger partial charge in [-0.25, -0.2) is 0 Å². The standard InChI is InChI=1S/C22H33N5O/c1-3-18-6-4-5-7-20(18)16-26-10-8-19(9-11-26)22-24-23-21(25(22)2)17-27-12-14-28-15-13-27/h4-7,19H,3,8-17H2,1-2H3. The molecule has 0 unspecified atom stereocenters. The van der Waals surface area contributed by atoms with Gasteiger partial charge in [0, 0.05) is 32.6 Å². The molecule has 0 amide bonds. The van der Waals surface area contributed by atoms with Crippen LogP contribution in [0.25, 0.3) is 0 Å². The zero-order valence-corrected chi connectivity index (χ0v) is 17.3. The lowest BCUT2D eigenvalue weighted by atomic mass is 9.95. The quantitative estimate of drug-likeness (QED) is 0.767. The van der Waals surface area contributed by atoms with Crippen molar-refractivity contribution in [1.29, 1.82) is 0 Å². The molecule has 3 heterocycles. The van der Waals surface area contributed by atoms with Gasteiger partial charge in [0.15, 0.2) is 0 Å². The number of likely N-dealkylation sites (tertiary alicyclic amines) is 1. The Balaban J connectivity index is 1.33. The van der Waals surface area contributed by atoms with Gasteiger partial charge in [0.25, 0.3) is 0 Å². The first-order valence-corrected chi connectivity index (χ1v) is 10.7. The zero-order valence-electron chi connectivity index (χ0n) is 17.3. The maximum atomic E-state index is 5.45. The minimum atomic E-state index is 0.522. The van der Waals surface area contributed by atoms with Gasteiger partial charge in [-0.1, -0.05) is 31.2 Å². The molecule has 152 valence electrons. The summed E-state index contributed by atoms with van der Waals surface area (Å²) < 4.78 is 7.68. The van der Waals surface area contributed by atoms with Crippen molar-refractivity contribution in [3.63, 3.8) is 0 Å². The predicted molar refractivity (Wildman–Crippen MR) is 110 cm³/mol. The van der Waals surface area contributed by atoms with Gasteiger partial charge in [-0.15, -0.1) is 10.2 Å². The monoisotopic (exact) mass is 383 g/mol. The summed E-state index contributed by atoms with van der Waals surface area (Å²) in [6.45, 7) is 10.1. The molecular formula is C22H33N5O. The topological polar surface area (TPSA) is 46.4 Å². The molecule has 2 aromatic rings. The van der Waals surface area contributed by atoms with Gasteiger partial charge in [0.2, 0.25) is 0 Å². The van der Waals surface area contributed by atoms with Crippen LogP contribution in [0.4, 0.5) is 0 Å². The molecule has 0 aliphatic carbocycles. The Bertz CT molecular complexity index is 760. The normalized spacial score (nSPS) is 19.9. The van der Waals surface area contributed by atoms with Crippen LogP contribution < -0.4 is 0 Å². The van der Waals surface area contributed by atoms with Gasteiger partial charge in [0.1, 0.15) is 11.6 Å². The number of piperidine rings is 1. The van der Waals surface area contributed by atoms with Gasteiger partial charge < -0.3 is 9.30 Å². The number of hydrogen-bond donors (Lipinski definition) is 0. The zero-order chi connectivity index (χ0) is 19.3. The van der Waals surface area contributed by atoms with E-state index in [2.05, 4.69) is 62.8 Å². The highest BCUT2D eigenvalue weighted by Gasteiger charge is 2.26. The van der Waals surface area contributed by atoms with Gasteiger partial charge in [-0.2, -0.15) is 0 Å². The Morgan fingerprint density at radius 2 is 1.61 bits per heavy atom. The minimum Gasteiger partial charge on any atom is -0.379 e. The summed E-state index contributed by atoms with van der Waals surface area (Å²) in [6, 6.07) is 8.86. The highest BCUT2D eigenvalue weighted by Crippen LogP contribution is 2.28. The predicted octanol–water partition coefficient (Wildman–Crippen LogP) is 2.59. The summed E-state index contributed by atoms with van der Waals surface area (Å²) in [6.07, 6.45) is 3.44. The number of benzene rings is 1. The number of ether oxygens (including phenoxy) is 1. The second-order valence-electron chi connectivity index (χ2n) is 8.09. The van der Waals surface area contributed by atoms with Gasteiger partial charge in [-0.05, 0) is 43.5 Å². The van der Waals surface area contributed by atoms with Crippen molar-refractivity contribution in [2.75, 3.05) is 39.4 Å². The van der Waals surface area contributed by atoms with E-state index in [1.165, 1.54) is 11.1 Å². The maximum Gasteiger partial charge on any atom is 0.146 e. The Labute approximate surface area is 168 Å². The molecule has 0 N–H and O–H groups in total. The highest BCUT2D eigenvalue weighted by atomic mass is 16.5. The van der Waals surface area contributed by atoms with E-state index >= 15 is 0 Å². The number of rotatable bonds is 6. The number of nitrogens with zero attached hydrogens (tertiary/aromatic N) is 5. The van der Waals surface area contributed by atoms with E-state index in [0.29, 0.717) is 5.92 Å². The van der Waals surface area contributed by atoms with E-state index in [1.807, 2.05) is 0 Å². The Morgan fingerprint density at radius 1 is 0.929 bits per heavy atom. The van der Waals surface area contributed by atoms with E-state index in [9.17, 15) is 0 Å². The van der Waals surface area contributed by atoms with E-state index in [0.717, 1.165) is 83.4 Å². The molecule has 0 bridgehead atoms. The second-order valence-corrected chi connectivity index (χ2v) is 8.09. The van der Waals surface area contributed by atoms with E-state index in [1.54, 1.807) is 0 Å². The fourth-order valence-electron chi connectivity index (χ4n) is 4.47. The molecule has 6 heteroatoms. The fraction of sp³-hybridized carbons (Fsp3) is 0.636. The molecule has 2 saturated heterocycles. The first-order chi connectivity index (χ1) is 13.7. The number of aryl methyl sites for hydroxylation is 1. The lowest BCUT2D eigenvalue weighted by Crippen LogP contribution is -2.36. The maximum absolute atomic E-state index is 5.45. The van der Waals surface area contributed by atoms with Crippen molar-refractivity contribution in [2.45, 2.75) is 45.2 Å². The van der Waals surface area contributed by atoms with Crippen molar-refractivity contribution in [3.05, 3.63) is 47.0 Å². The van der Waals surface area contributed by atoms with Crippen LogP contribution in [0.15, 0.2) is 24.3 Å². The van der Waals surface area contributed by atoms with Crippen molar-refractivity contribution in [3.8, 4) is 0 Å². The van der Waals surface area contributed by atoms with E-state index in [4.69, 9.17) is 4.74 Å². The summed E-state index contributed by atoms with van der Waals surface area (Å²) in [5.41, 5.74) is 2.96. The molecule has 2 aliphatic heterocycles. The van der Waals surface area contributed by atoms with Crippen molar-refractivity contribution in [1.82, 2.24) is 24.6 Å². The third kappa shape index (κ3) is 4.45. The Morgan fingerprint density at radius 3 is 2.32 bits per heavy atom. The molecule has 28 heavy (non-hydrogen) atoms. The molecule has 1 aromatic carbocycles. The van der Waals surface area contributed by atoms with Crippen LogP contribution in [0.2, 0.25) is 0 Å². The summed E-state index contributed by atoms with van der Waals surface area (Å²) in [5.74, 6) is 2.77. The third-order valence-corrected chi connectivity index (χ3v) is 6.31. The van der Waals surface area contributed by atoms with Crippen molar-refractivity contribution < 1.29 is 4.74 Å². The van der Waals surface area contributed by atoms with Crippen molar-refractivity contribution >= 4 is 0 Å². The average molecular weight is 384 g/mol. The number of morpholine rings is 1. The molecule has 0 spiro atoms. The van der Waals surface area contributed by atoms with Gasteiger partial charge in [0.05, 0.1) is 19.8 Å². The Kier molecular flexibility index (Phi) is 6.40. The van der Waals surface area contributed by atoms with Crippen LogP contribution in [0.5, 0.6) is 0 Å². The number of hydrogen-bond acceptors (Lipinski definition) is 5. The summed E-state index contributed by atoms with van der Waals surface area (Å²) in [7, 11) is 2.13. The smallest absolute Gasteiger partial charge is 0.146 e. The van der Waals surface area contributed by atoms with Crippen LogP contribution in [0, 0.1) is 0 Å². The fourth-order valence-corrected chi connectivity index (χ4v) is 4.47. The van der Waals surface area contributed by atoms with Crippen LogP contribution >= 0.6 is 0 Å². The van der Waals surface area contributed by atoms with E-state index < -0.39 is 0 Å². The molecule has 1 aromatic heterocycles. The largest absolute Gasteiger partial charge is 0.379 e. The van der Waals surface area contributed by atoms with Gasteiger partial charge >= 0.3 is 0 Å². The molecule has 2 aliphatic rings. The minimum absolute atomic E-state index is 0.522. The molecular weight excluding hydrogens is 350 g/mol. The summed E-state index contributed by atoms with van der Waals surface area (Å²) in [4.78, 5) is 5.00. The van der Waals surface area contributed by atoms with E-state index in [-0.39, 0.29) is 0 Å². The molecule has 6 nitrogen and oxygen atoms in total. The molecule has 4 rings (SSSR count). The lowest BCUT2D eigenvalue weighted by molar-refractivity contribution is 0.0326. The van der Waals surface area contributed by atoms with Crippen LogP contribution in [-0.4, -0.2) is 64.0 Å². The Hall–Kier alpha value is -1.76. The SMILES string of the molecule is CCc1ccccc1CN1CCC(c2nnc(CN3CCOCC3)n2C)CC1. The van der Waals surface area contributed by atoms with Crippen LogP contribution in [-0.2, 0) is 31.3 Å². The molecule has 0 saturated carbocycles. The van der Waals surface area contributed by atoms with Crippen LogP contribution in [0.1, 0.15) is 48.5 Å². The summed E-state index contributed by atoms with van der Waals surface area (Å²) >= 11 is 0. The molecule has 2 fully saturated rings. The molecule has 0 radical (unpaired) electrons. The highest BCUT2D eigenvalue weighted by molar-refractivity contribution is 5.27. The summed E-state index contributed by atoms with van der Waals surface area (Å²) in [5, 5.41) is 9.09. The van der Waals surface area contributed by atoms with Crippen LogP contribution in [0.3, 0.4) is 0 Å². The average Bonchev–Trinajstić information content (AvgIpc) is 3.10. The van der Waals surface area contributed by atoms with Crippen molar-refractivity contribution in [2.24, 2.45) is 7.05 Å². The third-order valence-electron chi connectivity index (χ3n) is 6.31. The second kappa shape index (κ2) is 9.16. The first-order valence-electron chi connectivity index (χ1n) is 10.7. The molecule has 0 atom stereocenters. The number of aromatic nitrogens is 3. The first kappa shape index (κ1) is 19.6.